The lowest BCUT2D eigenvalue weighted by Gasteiger charge is -2.38. The molecule has 0 spiro atoms. The van der Waals surface area contributed by atoms with Crippen LogP contribution in [0.3, 0.4) is 0 Å². The molecular weight excluding hydrogens is 314 g/mol. The molecular formula is C17H25NO6. The number of nitrogens with zero attached hydrogens (tertiary/aromatic N) is 1. The van der Waals surface area contributed by atoms with Crippen molar-refractivity contribution in [2.24, 2.45) is 0 Å². The van der Waals surface area contributed by atoms with E-state index in [4.69, 9.17) is 18.9 Å². The van der Waals surface area contributed by atoms with Gasteiger partial charge in [-0.3, -0.25) is 4.79 Å². The molecule has 0 bridgehead atoms. The molecule has 0 radical (unpaired) electrons. The third-order valence-electron chi connectivity index (χ3n) is 4.12. The Kier molecular flexibility index (Phi) is 6.99. The molecule has 1 aliphatic rings. The quantitative estimate of drug-likeness (QED) is 0.732. The second-order valence-electron chi connectivity index (χ2n) is 5.65. The number of rotatable bonds is 7. The Morgan fingerprint density at radius 2 is 1.96 bits per heavy atom. The summed E-state index contributed by atoms with van der Waals surface area (Å²) < 4.78 is 21.0. The van der Waals surface area contributed by atoms with Crippen LogP contribution in [-0.4, -0.2) is 81.9 Å². The summed E-state index contributed by atoms with van der Waals surface area (Å²) in [5.74, 6) is 0.481. The molecule has 1 aromatic rings. The van der Waals surface area contributed by atoms with Gasteiger partial charge in [-0.2, -0.15) is 0 Å². The molecule has 1 amide bonds. The fraction of sp³-hybridized carbons (Fsp3) is 0.588. The lowest BCUT2D eigenvalue weighted by molar-refractivity contribution is -0.135. The van der Waals surface area contributed by atoms with Crippen LogP contribution in [0.5, 0.6) is 5.75 Å². The molecule has 24 heavy (non-hydrogen) atoms. The lowest BCUT2D eigenvalue weighted by Crippen LogP contribution is -2.56. The van der Waals surface area contributed by atoms with E-state index in [-0.39, 0.29) is 12.5 Å². The first-order valence-corrected chi connectivity index (χ1v) is 7.86. The topological polar surface area (TPSA) is 77.5 Å². The van der Waals surface area contributed by atoms with Crippen LogP contribution in [0.25, 0.3) is 0 Å². The van der Waals surface area contributed by atoms with E-state index in [1.165, 1.54) is 12.0 Å². The largest absolute Gasteiger partial charge is 0.491 e. The number of hydrogen-bond acceptors (Lipinski definition) is 6. The van der Waals surface area contributed by atoms with Crippen LogP contribution in [-0.2, 0) is 14.2 Å². The second kappa shape index (κ2) is 8.98. The summed E-state index contributed by atoms with van der Waals surface area (Å²) in [5, 5.41) is 10.3. The second-order valence-corrected chi connectivity index (χ2v) is 5.65. The molecule has 0 saturated carbocycles. The van der Waals surface area contributed by atoms with E-state index >= 15 is 0 Å². The van der Waals surface area contributed by atoms with Crippen molar-refractivity contribution in [1.82, 2.24) is 4.90 Å². The van der Waals surface area contributed by atoms with Gasteiger partial charge in [0.25, 0.3) is 5.91 Å². The average Bonchev–Trinajstić information content (AvgIpc) is 2.61. The van der Waals surface area contributed by atoms with Gasteiger partial charge in [-0.25, -0.2) is 0 Å². The smallest absolute Gasteiger partial charge is 0.254 e. The summed E-state index contributed by atoms with van der Waals surface area (Å²) in [6, 6.07) is 6.43. The predicted octanol–water partition coefficient (Wildman–Crippen LogP) is 0.559. The van der Waals surface area contributed by atoms with E-state index in [1.807, 2.05) is 0 Å². The summed E-state index contributed by atoms with van der Waals surface area (Å²) in [6.07, 6.45) is -1.22. The fourth-order valence-corrected chi connectivity index (χ4v) is 2.59. The van der Waals surface area contributed by atoms with E-state index in [0.29, 0.717) is 31.1 Å². The molecule has 3 atom stereocenters. The summed E-state index contributed by atoms with van der Waals surface area (Å²) in [5.41, 5.74) is 0.517. The van der Waals surface area contributed by atoms with Crippen LogP contribution >= 0.6 is 0 Å². The fourth-order valence-electron chi connectivity index (χ4n) is 2.59. The molecule has 134 valence electrons. The molecule has 0 aromatic heterocycles. The number of carbonyl (C=O) groups excluding carboxylic acids is 1. The zero-order valence-corrected chi connectivity index (χ0v) is 14.3. The van der Waals surface area contributed by atoms with Crippen LogP contribution < -0.4 is 4.74 Å². The van der Waals surface area contributed by atoms with Crippen molar-refractivity contribution in [3.8, 4) is 5.75 Å². The highest BCUT2D eigenvalue weighted by atomic mass is 16.5. The minimum absolute atomic E-state index is 0.192. The number of ether oxygens (including phenoxy) is 4. The molecule has 1 fully saturated rings. The highest BCUT2D eigenvalue weighted by Gasteiger charge is 2.37. The van der Waals surface area contributed by atoms with Gasteiger partial charge in [-0.1, -0.05) is 0 Å². The standard InChI is InChI=1S/C17H25NO6/c1-18(14-10-23-11-15(22-3)16(14)19)17(20)12-4-6-13(7-5-12)24-9-8-21-2/h4-7,14-16,19H,8-11H2,1-3H3/t14-,15-,16+/m1/s1. The third-order valence-corrected chi connectivity index (χ3v) is 4.12. The van der Waals surface area contributed by atoms with E-state index in [9.17, 15) is 9.90 Å². The number of benzene rings is 1. The monoisotopic (exact) mass is 339 g/mol. The van der Waals surface area contributed by atoms with Crippen molar-refractivity contribution in [3.63, 3.8) is 0 Å². The lowest BCUT2D eigenvalue weighted by atomic mass is 10.0. The number of carbonyl (C=O) groups is 1. The van der Waals surface area contributed by atoms with E-state index in [1.54, 1.807) is 38.4 Å². The summed E-state index contributed by atoms with van der Waals surface area (Å²) in [6.45, 7) is 1.56. The van der Waals surface area contributed by atoms with E-state index < -0.39 is 18.2 Å². The molecule has 1 aromatic carbocycles. The van der Waals surface area contributed by atoms with Crippen molar-refractivity contribution < 1.29 is 28.8 Å². The molecule has 1 aliphatic heterocycles. The van der Waals surface area contributed by atoms with Crippen LogP contribution in [0.2, 0.25) is 0 Å². The number of aliphatic hydroxyl groups excluding tert-OH is 1. The van der Waals surface area contributed by atoms with Gasteiger partial charge in [0.1, 0.15) is 24.6 Å². The number of amides is 1. The van der Waals surface area contributed by atoms with Crippen molar-refractivity contribution in [2.75, 3.05) is 47.7 Å². The molecule has 0 aliphatic carbocycles. The number of likely N-dealkylation sites (N-methyl/N-ethyl adjacent to an activating group) is 1. The molecule has 1 N–H and O–H groups in total. The number of methoxy groups -OCH3 is 2. The van der Waals surface area contributed by atoms with E-state index in [0.717, 1.165) is 0 Å². The summed E-state index contributed by atoms with van der Waals surface area (Å²) in [4.78, 5) is 14.1. The first kappa shape index (κ1) is 18.7. The van der Waals surface area contributed by atoms with Crippen molar-refractivity contribution >= 4 is 5.91 Å². The zero-order valence-electron chi connectivity index (χ0n) is 14.3. The SMILES string of the molecule is COCCOc1ccc(C(=O)N(C)[C@@H]2COC[C@@H](OC)[C@H]2O)cc1. The highest BCUT2D eigenvalue weighted by molar-refractivity contribution is 5.94. The first-order chi connectivity index (χ1) is 11.6. The Labute approximate surface area is 142 Å². The van der Waals surface area contributed by atoms with Gasteiger partial charge in [0.2, 0.25) is 0 Å². The first-order valence-electron chi connectivity index (χ1n) is 7.86. The minimum Gasteiger partial charge on any atom is -0.491 e. The zero-order chi connectivity index (χ0) is 17.5. The molecule has 1 saturated heterocycles. The highest BCUT2D eigenvalue weighted by Crippen LogP contribution is 2.19. The molecule has 1 heterocycles. The normalized spacial score (nSPS) is 23.8. The van der Waals surface area contributed by atoms with Gasteiger partial charge < -0.3 is 29.0 Å². The van der Waals surface area contributed by atoms with Gasteiger partial charge in [0, 0.05) is 26.8 Å². The Bertz CT molecular complexity index is 520. The van der Waals surface area contributed by atoms with Crippen LogP contribution in [0.1, 0.15) is 10.4 Å². The van der Waals surface area contributed by atoms with Gasteiger partial charge in [-0.15, -0.1) is 0 Å². The summed E-state index contributed by atoms with van der Waals surface area (Å²) in [7, 11) is 4.78. The number of hydrogen-bond donors (Lipinski definition) is 1. The van der Waals surface area contributed by atoms with Crippen LogP contribution in [0.15, 0.2) is 24.3 Å². The van der Waals surface area contributed by atoms with Crippen molar-refractivity contribution in [2.45, 2.75) is 18.2 Å². The van der Waals surface area contributed by atoms with Gasteiger partial charge in [0.15, 0.2) is 0 Å². The molecule has 7 nitrogen and oxygen atoms in total. The maximum atomic E-state index is 12.6. The Balaban J connectivity index is 1.99. The Morgan fingerprint density at radius 1 is 1.25 bits per heavy atom. The van der Waals surface area contributed by atoms with Gasteiger partial charge >= 0.3 is 0 Å². The number of aliphatic hydroxyl groups is 1. The summed E-state index contributed by atoms with van der Waals surface area (Å²) >= 11 is 0. The molecule has 7 heteroatoms. The predicted molar refractivity (Wildman–Crippen MR) is 87.3 cm³/mol. The maximum absolute atomic E-state index is 12.6. The van der Waals surface area contributed by atoms with Gasteiger partial charge in [-0.05, 0) is 24.3 Å². The van der Waals surface area contributed by atoms with Crippen molar-refractivity contribution in [3.05, 3.63) is 29.8 Å². The molecule has 2 rings (SSSR count). The molecule has 0 unspecified atom stereocenters. The maximum Gasteiger partial charge on any atom is 0.254 e. The van der Waals surface area contributed by atoms with Crippen LogP contribution in [0.4, 0.5) is 0 Å². The van der Waals surface area contributed by atoms with Gasteiger partial charge in [0.05, 0.1) is 25.9 Å². The minimum atomic E-state index is -0.783. The van der Waals surface area contributed by atoms with E-state index in [2.05, 4.69) is 0 Å². The Morgan fingerprint density at radius 3 is 2.58 bits per heavy atom. The third kappa shape index (κ3) is 4.45. The van der Waals surface area contributed by atoms with Crippen molar-refractivity contribution in [1.29, 1.82) is 0 Å². The van der Waals surface area contributed by atoms with Crippen LogP contribution in [0, 0.1) is 0 Å². The Hall–Kier alpha value is -1.67. The average molecular weight is 339 g/mol.